The van der Waals surface area contributed by atoms with Gasteiger partial charge in [0, 0.05) is 11.6 Å². The van der Waals surface area contributed by atoms with Gasteiger partial charge < -0.3 is 14.8 Å². The molecule has 0 spiro atoms. The number of hydrogen-bond acceptors (Lipinski definition) is 8. The molecule has 0 fully saturated rings. The molecule has 0 saturated carbocycles. The summed E-state index contributed by atoms with van der Waals surface area (Å²) in [6.45, 7) is 0. The van der Waals surface area contributed by atoms with Crippen LogP contribution in [0.25, 0.3) is 11.5 Å². The number of anilines is 1. The third kappa shape index (κ3) is 4.16. The fraction of sp³-hybridized carbons (Fsp3) is 0.0625. The fourth-order valence-electron chi connectivity index (χ4n) is 2.04. The van der Waals surface area contributed by atoms with Gasteiger partial charge in [0.15, 0.2) is 0 Å². The number of para-hydroxylation sites is 2. The van der Waals surface area contributed by atoms with Crippen LogP contribution in [0, 0.1) is 10.1 Å². The monoisotopic (exact) mass is 372 g/mol. The number of phenols is 1. The van der Waals surface area contributed by atoms with E-state index in [4.69, 9.17) is 4.42 Å². The summed E-state index contributed by atoms with van der Waals surface area (Å²) in [5, 5.41) is 30.6. The average molecular weight is 372 g/mol. The molecule has 9 nitrogen and oxygen atoms in total. The summed E-state index contributed by atoms with van der Waals surface area (Å²) < 4.78 is 5.44. The van der Waals surface area contributed by atoms with Crippen molar-refractivity contribution in [3.05, 3.63) is 58.6 Å². The number of carbonyl (C=O) groups excluding carboxylic acids is 1. The van der Waals surface area contributed by atoms with Crippen molar-refractivity contribution in [2.24, 2.45) is 0 Å². The average Bonchev–Trinajstić information content (AvgIpc) is 3.10. The summed E-state index contributed by atoms with van der Waals surface area (Å²) in [6, 6.07) is 12.1. The lowest BCUT2D eigenvalue weighted by Gasteiger charge is -2.04. The van der Waals surface area contributed by atoms with Crippen LogP contribution in [0.2, 0.25) is 0 Å². The molecule has 0 saturated heterocycles. The fourth-order valence-corrected chi connectivity index (χ4v) is 2.60. The second kappa shape index (κ2) is 7.66. The first-order chi connectivity index (χ1) is 12.5. The van der Waals surface area contributed by atoms with Crippen LogP contribution in [-0.4, -0.2) is 31.9 Å². The van der Waals surface area contributed by atoms with Gasteiger partial charge in [0.1, 0.15) is 11.4 Å². The van der Waals surface area contributed by atoms with E-state index in [0.29, 0.717) is 5.56 Å². The zero-order valence-corrected chi connectivity index (χ0v) is 14.0. The second-order valence-corrected chi connectivity index (χ2v) is 5.96. The predicted molar refractivity (Wildman–Crippen MR) is 93.8 cm³/mol. The van der Waals surface area contributed by atoms with Crippen LogP contribution in [0.5, 0.6) is 5.75 Å². The molecule has 0 aliphatic heterocycles. The molecule has 0 aliphatic rings. The standard InChI is InChI=1S/C16H12N4O5S/c21-11-7-5-10(6-8-11)15-18-19-16(25-15)26-9-14(22)17-12-3-1-2-4-13(12)20(23)24/h1-8,21H,9H2,(H,17,22). The highest BCUT2D eigenvalue weighted by molar-refractivity contribution is 7.99. The Labute approximate surface area is 151 Å². The second-order valence-electron chi connectivity index (χ2n) is 5.03. The number of hydrogen-bond donors (Lipinski definition) is 2. The van der Waals surface area contributed by atoms with Crippen molar-refractivity contribution in [2.45, 2.75) is 5.22 Å². The first kappa shape index (κ1) is 17.4. The van der Waals surface area contributed by atoms with Crippen LogP contribution in [0.4, 0.5) is 11.4 Å². The summed E-state index contributed by atoms with van der Waals surface area (Å²) >= 11 is 1.01. The number of phenolic OH excluding ortho intramolecular Hbond substituents is 1. The molecule has 3 rings (SSSR count). The number of aromatic hydroxyl groups is 1. The quantitative estimate of drug-likeness (QED) is 0.383. The SMILES string of the molecule is O=C(CSc1nnc(-c2ccc(O)cc2)o1)Nc1ccccc1[N+](=O)[O-]. The zero-order valence-electron chi connectivity index (χ0n) is 13.2. The Morgan fingerprint density at radius 2 is 1.92 bits per heavy atom. The van der Waals surface area contributed by atoms with E-state index in [0.717, 1.165) is 11.8 Å². The minimum Gasteiger partial charge on any atom is -0.508 e. The molecular formula is C16H12N4O5S. The van der Waals surface area contributed by atoms with Crippen molar-refractivity contribution in [1.29, 1.82) is 0 Å². The van der Waals surface area contributed by atoms with Gasteiger partial charge in [0.2, 0.25) is 11.8 Å². The highest BCUT2D eigenvalue weighted by Gasteiger charge is 2.16. The number of rotatable bonds is 6. The largest absolute Gasteiger partial charge is 0.508 e. The van der Waals surface area contributed by atoms with Crippen molar-refractivity contribution >= 4 is 29.0 Å². The van der Waals surface area contributed by atoms with Crippen LogP contribution < -0.4 is 5.32 Å². The maximum atomic E-state index is 12.0. The van der Waals surface area contributed by atoms with Crippen LogP contribution in [0.3, 0.4) is 0 Å². The minimum absolute atomic E-state index is 0.0523. The normalized spacial score (nSPS) is 10.5. The number of nitrogens with zero attached hydrogens (tertiary/aromatic N) is 3. The summed E-state index contributed by atoms with van der Waals surface area (Å²) in [5.74, 6) is -0.113. The lowest BCUT2D eigenvalue weighted by atomic mass is 10.2. The Hall–Kier alpha value is -3.40. The molecule has 0 radical (unpaired) electrons. The molecule has 1 aromatic heterocycles. The van der Waals surface area contributed by atoms with Crippen LogP contribution in [0.15, 0.2) is 58.2 Å². The third-order valence-corrected chi connectivity index (χ3v) is 4.04. The summed E-state index contributed by atoms with van der Waals surface area (Å²) in [5.41, 5.74) is 0.572. The third-order valence-electron chi connectivity index (χ3n) is 3.22. The van der Waals surface area contributed by atoms with Crippen LogP contribution in [-0.2, 0) is 4.79 Å². The van der Waals surface area contributed by atoms with Crippen LogP contribution in [0.1, 0.15) is 0 Å². The van der Waals surface area contributed by atoms with E-state index in [1.54, 1.807) is 18.2 Å². The Kier molecular flexibility index (Phi) is 5.13. The van der Waals surface area contributed by atoms with E-state index >= 15 is 0 Å². The van der Waals surface area contributed by atoms with Crippen molar-refractivity contribution in [3.63, 3.8) is 0 Å². The molecule has 0 aliphatic carbocycles. The summed E-state index contributed by atoms with van der Waals surface area (Å²) in [6.07, 6.45) is 0. The Morgan fingerprint density at radius 1 is 1.19 bits per heavy atom. The topological polar surface area (TPSA) is 131 Å². The van der Waals surface area contributed by atoms with Gasteiger partial charge in [-0.1, -0.05) is 23.9 Å². The molecule has 132 valence electrons. The molecular weight excluding hydrogens is 360 g/mol. The number of carbonyl (C=O) groups is 1. The number of nitro groups is 1. The first-order valence-corrected chi connectivity index (χ1v) is 8.30. The lowest BCUT2D eigenvalue weighted by molar-refractivity contribution is -0.383. The van der Waals surface area contributed by atoms with E-state index in [1.807, 2.05) is 0 Å². The van der Waals surface area contributed by atoms with E-state index in [2.05, 4.69) is 15.5 Å². The van der Waals surface area contributed by atoms with Crippen molar-refractivity contribution in [3.8, 4) is 17.2 Å². The molecule has 2 N–H and O–H groups in total. The minimum atomic E-state index is -0.565. The van der Waals surface area contributed by atoms with Gasteiger partial charge in [-0.3, -0.25) is 14.9 Å². The van der Waals surface area contributed by atoms with Crippen molar-refractivity contribution < 1.29 is 19.2 Å². The van der Waals surface area contributed by atoms with Gasteiger partial charge in [-0.2, -0.15) is 0 Å². The molecule has 3 aromatic rings. The van der Waals surface area contributed by atoms with E-state index in [9.17, 15) is 20.0 Å². The molecule has 1 heterocycles. The van der Waals surface area contributed by atoms with Gasteiger partial charge in [-0.15, -0.1) is 10.2 Å². The highest BCUT2D eigenvalue weighted by Crippen LogP contribution is 2.26. The number of nitro benzene ring substituents is 1. The molecule has 0 atom stereocenters. The summed E-state index contributed by atoms with van der Waals surface area (Å²) in [4.78, 5) is 22.4. The Balaban J connectivity index is 1.60. The number of nitrogens with one attached hydrogen (secondary N) is 1. The molecule has 0 unspecified atom stereocenters. The molecule has 0 bridgehead atoms. The number of aromatic nitrogens is 2. The first-order valence-electron chi connectivity index (χ1n) is 7.32. The maximum absolute atomic E-state index is 12.0. The van der Waals surface area contributed by atoms with Gasteiger partial charge >= 0.3 is 0 Å². The smallest absolute Gasteiger partial charge is 0.292 e. The van der Waals surface area contributed by atoms with Gasteiger partial charge in [-0.05, 0) is 30.3 Å². The van der Waals surface area contributed by atoms with E-state index in [-0.39, 0.29) is 34.0 Å². The summed E-state index contributed by atoms with van der Waals surface area (Å²) in [7, 11) is 0. The number of thioether (sulfide) groups is 1. The molecule has 1 amide bonds. The zero-order chi connectivity index (χ0) is 18.5. The predicted octanol–water partition coefficient (Wildman–Crippen LogP) is 3.08. The molecule has 2 aromatic carbocycles. The number of benzene rings is 2. The lowest BCUT2D eigenvalue weighted by Crippen LogP contribution is -2.15. The van der Waals surface area contributed by atoms with Crippen molar-refractivity contribution in [1.82, 2.24) is 10.2 Å². The Morgan fingerprint density at radius 3 is 2.65 bits per heavy atom. The van der Waals surface area contributed by atoms with Gasteiger partial charge in [-0.25, -0.2) is 0 Å². The van der Waals surface area contributed by atoms with Crippen molar-refractivity contribution in [2.75, 3.05) is 11.1 Å². The van der Waals surface area contributed by atoms with Gasteiger partial charge in [0.05, 0.1) is 10.7 Å². The van der Waals surface area contributed by atoms with E-state index < -0.39 is 10.8 Å². The highest BCUT2D eigenvalue weighted by atomic mass is 32.2. The van der Waals surface area contributed by atoms with Gasteiger partial charge in [0.25, 0.3) is 10.9 Å². The van der Waals surface area contributed by atoms with Crippen LogP contribution >= 0.6 is 11.8 Å². The van der Waals surface area contributed by atoms with E-state index in [1.165, 1.54) is 30.3 Å². The molecule has 26 heavy (non-hydrogen) atoms. The number of amides is 1. The Bertz CT molecular complexity index is 942. The molecule has 10 heteroatoms. The maximum Gasteiger partial charge on any atom is 0.292 e.